The smallest absolute Gasteiger partial charge is 0.306 e. The molecule has 6 heteroatoms. The molecule has 1 unspecified atom stereocenters. The van der Waals surface area contributed by atoms with Crippen molar-refractivity contribution in [1.29, 1.82) is 0 Å². The summed E-state index contributed by atoms with van der Waals surface area (Å²) in [6.45, 7) is 6.55. The first-order valence-corrected chi connectivity index (χ1v) is 32.3. The molecule has 0 spiro atoms. The van der Waals surface area contributed by atoms with Crippen molar-refractivity contribution in [2.24, 2.45) is 0 Å². The lowest BCUT2D eigenvalue weighted by Gasteiger charge is -2.18. The second-order valence-corrected chi connectivity index (χ2v) is 21.6. The van der Waals surface area contributed by atoms with Crippen LogP contribution in [0.25, 0.3) is 0 Å². The van der Waals surface area contributed by atoms with Crippen molar-refractivity contribution < 1.29 is 28.6 Å². The summed E-state index contributed by atoms with van der Waals surface area (Å²) in [5, 5.41) is 0. The lowest BCUT2D eigenvalue weighted by Crippen LogP contribution is -2.30. The molecule has 430 valence electrons. The monoisotopic (exact) mass is 1030 g/mol. The molecule has 0 fully saturated rings. The molecule has 6 nitrogen and oxygen atoms in total. The van der Waals surface area contributed by atoms with Crippen LogP contribution in [-0.4, -0.2) is 37.2 Å². The highest BCUT2D eigenvalue weighted by Crippen LogP contribution is 2.17. The molecule has 0 rings (SSSR count). The van der Waals surface area contributed by atoms with Gasteiger partial charge < -0.3 is 14.2 Å². The van der Waals surface area contributed by atoms with Crippen molar-refractivity contribution in [1.82, 2.24) is 0 Å². The topological polar surface area (TPSA) is 78.9 Å². The van der Waals surface area contributed by atoms with Gasteiger partial charge in [0.15, 0.2) is 6.10 Å². The average molecular weight is 1040 g/mol. The molecule has 1 atom stereocenters. The Morgan fingerprint density at radius 1 is 0.284 bits per heavy atom. The molecule has 0 aromatic heterocycles. The second-order valence-electron chi connectivity index (χ2n) is 21.6. The van der Waals surface area contributed by atoms with E-state index in [1.54, 1.807) is 0 Å². The number of ether oxygens (including phenoxy) is 3. The van der Waals surface area contributed by atoms with Gasteiger partial charge in [0.2, 0.25) is 0 Å². The molecule has 0 amide bonds. The van der Waals surface area contributed by atoms with E-state index in [4.69, 9.17) is 14.2 Å². The molecule has 74 heavy (non-hydrogen) atoms. The first kappa shape index (κ1) is 71.1. The molecule has 0 aliphatic heterocycles. The largest absolute Gasteiger partial charge is 0.462 e. The Morgan fingerprint density at radius 3 is 0.838 bits per heavy atom. The van der Waals surface area contributed by atoms with Gasteiger partial charge in [-0.15, -0.1) is 0 Å². The van der Waals surface area contributed by atoms with E-state index in [0.29, 0.717) is 19.3 Å². The van der Waals surface area contributed by atoms with Crippen molar-refractivity contribution in [3.63, 3.8) is 0 Å². The second kappa shape index (κ2) is 62.6. The number of carbonyl (C=O) groups is 3. The van der Waals surface area contributed by atoms with Crippen LogP contribution >= 0.6 is 0 Å². The SMILES string of the molecule is CC/C=C\C/C=C\C/C=C\C/C=C\CCCCCCCCCCCCCCCCC(=O)OCC(COC(=O)CCCCCCCCCCCC)OC(=O)CCCCCCCCCCC/C=C\CCCCCCCC. The molecule has 0 saturated heterocycles. The lowest BCUT2D eigenvalue weighted by atomic mass is 10.0. The first-order chi connectivity index (χ1) is 36.5. The quantitative estimate of drug-likeness (QED) is 0.0261. The Morgan fingerprint density at radius 2 is 0.527 bits per heavy atom. The van der Waals surface area contributed by atoms with Crippen molar-refractivity contribution in [2.75, 3.05) is 13.2 Å². The van der Waals surface area contributed by atoms with Gasteiger partial charge in [-0.1, -0.05) is 293 Å². The number of carbonyl (C=O) groups excluding carboxylic acids is 3. The molecular weight excluding hydrogens is 913 g/mol. The Bertz CT molecular complexity index is 1330. The normalized spacial score (nSPS) is 12.4. The average Bonchev–Trinajstić information content (AvgIpc) is 3.40. The molecule has 0 N–H and O–H groups in total. The van der Waals surface area contributed by atoms with Gasteiger partial charge in [0, 0.05) is 19.3 Å². The Hall–Kier alpha value is -2.89. The molecular formula is C68H122O6. The van der Waals surface area contributed by atoms with E-state index in [1.807, 2.05) is 0 Å². The van der Waals surface area contributed by atoms with Gasteiger partial charge in [-0.05, 0) is 83.5 Å². The predicted molar refractivity (Wildman–Crippen MR) is 321 cm³/mol. The zero-order valence-corrected chi connectivity index (χ0v) is 49.4. The van der Waals surface area contributed by atoms with E-state index < -0.39 is 6.10 Å². The van der Waals surface area contributed by atoms with Crippen LogP contribution in [0.15, 0.2) is 60.8 Å². The summed E-state index contributed by atoms with van der Waals surface area (Å²) in [5.74, 6) is -0.857. The minimum Gasteiger partial charge on any atom is -0.462 e. The number of rotatable bonds is 59. The van der Waals surface area contributed by atoms with E-state index in [0.717, 1.165) is 83.5 Å². The van der Waals surface area contributed by atoms with Crippen molar-refractivity contribution >= 4 is 17.9 Å². The minimum atomic E-state index is -0.772. The van der Waals surface area contributed by atoms with E-state index in [2.05, 4.69) is 81.5 Å². The highest BCUT2D eigenvalue weighted by Gasteiger charge is 2.19. The van der Waals surface area contributed by atoms with E-state index in [-0.39, 0.29) is 31.1 Å². The van der Waals surface area contributed by atoms with Crippen molar-refractivity contribution in [2.45, 2.75) is 341 Å². The van der Waals surface area contributed by atoms with Crippen LogP contribution in [0, 0.1) is 0 Å². The third kappa shape index (κ3) is 60.0. The van der Waals surface area contributed by atoms with Crippen LogP contribution in [-0.2, 0) is 28.6 Å². The standard InChI is InChI=1S/C68H122O6/c1-4-7-10-13-16-19-22-24-26-28-30-31-32-33-34-35-36-37-39-40-42-44-46-49-52-55-58-61-67(70)73-64-65(63-72-66(69)60-57-54-51-48-21-18-15-12-9-6-3)74-68(71)62-59-56-53-50-47-45-43-41-38-29-27-25-23-20-17-14-11-8-5-2/h7,10,16,19,24-27,30-31,65H,4-6,8-9,11-15,17-18,20-23,28-29,32-64H2,1-3H3/b10-7-,19-16-,26-24-,27-25-,31-30-. The fourth-order valence-corrected chi connectivity index (χ4v) is 9.43. The summed E-state index contributed by atoms with van der Waals surface area (Å²) in [6, 6.07) is 0. The summed E-state index contributed by atoms with van der Waals surface area (Å²) < 4.78 is 16.9. The Labute approximate surface area is 460 Å². The van der Waals surface area contributed by atoms with Crippen molar-refractivity contribution in [3.8, 4) is 0 Å². The Kier molecular flexibility index (Phi) is 60.2. The number of hydrogen-bond donors (Lipinski definition) is 0. The first-order valence-electron chi connectivity index (χ1n) is 32.3. The minimum absolute atomic E-state index is 0.0706. The van der Waals surface area contributed by atoms with E-state index in [9.17, 15) is 14.4 Å². The molecule has 0 bridgehead atoms. The number of esters is 3. The molecule has 0 aliphatic rings. The van der Waals surface area contributed by atoms with Gasteiger partial charge in [-0.3, -0.25) is 14.4 Å². The summed E-state index contributed by atoms with van der Waals surface area (Å²) in [4.78, 5) is 38.2. The maximum absolute atomic E-state index is 12.9. The maximum Gasteiger partial charge on any atom is 0.306 e. The molecule has 0 radical (unpaired) electrons. The summed E-state index contributed by atoms with van der Waals surface area (Å²) in [7, 11) is 0. The zero-order chi connectivity index (χ0) is 53.6. The number of unbranched alkanes of at least 4 members (excludes halogenated alkanes) is 38. The third-order valence-corrected chi connectivity index (χ3v) is 14.3. The van der Waals surface area contributed by atoms with Crippen LogP contribution in [0.1, 0.15) is 335 Å². The third-order valence-electron chi connectivity index (χ3n) is 14.3. The van der Waals surface area contributed by atoms with Crippen LogP contribution in [0.4, 0.5) is 0 Å². The van der Waals surface area contributed by atoms with Crippen LogP contribution in [0.5, 0.6) is 0 Å². The highest BCUT2D eigenvalue weighted by molar-refractivity contribution is 5.71. The Balaban J connectivity index is 4.19. The van der Waals surface area contributed by atoms with Crippen molar-refractivity contribution in [3.05, 3.63) is 60.8 Å². The molecule has 0 aliphatic carbocycles. The van der Waals surface area contributed by atoms with Gasteiger partial charge in [0.25, 0.3) is 0 Å². The van der Waals surface area contributed by atoms with Gasteiger partial charge >= 0.3 is 17.9 Å². The lowest BCUT2D eigenvalue weighted by molar-refractivity contribution is -0.167. The summed E-state index contributed by atoms with van der Waals surface area (Å²) in [5.41, 5.74) is 0. The maximum atomic E-state index is 12.9. The summed E-state index contributed by atoms with van der Waals surface area (Å²) >= 11 is 0. The fourth-order valence-electron chi connectivity index (χ4n) is 9.43. The highest BCUT2D eigenvalue weighted by atomic mass is 16.6. The molecule has 0 aromatic carbocycles. The number of allylic oxidation sites excluding steroid dienone is 10. The molecule has 0 heterocycles. The number of hydrogen-bond acceptors (Lipinski definition) is 6. The van der Waals surface area contributed by atoms with Crippen LogP contribution in [0.3, 0.4) is 0 Å². The van der Waals surface area contributed by atoms with Gasteiger partial charge in [0.05, 0.1) is 0 Å². The van der Waals surface area contributed by atoms with E-state index >= 15 is 0 Å². The fraction of sp³-hybridized carbons (Fsp3) is 0.809. The van der Waals surface area contributed by atoms with Gasteiger partial charge in [0.1, 0.15) is 13.2 Å². The predicted octanol–water partition coefficient (Wildman–Crippen LogP) is 21.9. The molecule has 0 aromatic rings. The van der Waals surface area contributed by atoms with Gasteiger partial charge in [-0.2, -0.15) is 0 Å². The van der Waals surface area contributed by atoms with Gasteiger partial charge in [-0.25, -0.2) is 0 Å². The van der Waals surface area contributed by atoms with Crippen LogP contribution < -0.4 is 0 Å². The summed E-state index contributed by atoms with van der Waals surface area (Å²) in [6.07, 6.45) is 79.5. The zero-order valence-electron chi connectivity index (χ0n) is 49.4. The molecule has 0 saturated carbocycles. The van der Waals surface area contributed by atoms with Crippen LogP contribution in [0.2, 0.25) is 0 Å². The van der Waals surface area contributed by atoms with E-state index in [1.165, 1.54) is 212 Å².